The molecule has 2 aromatic rings. The van der Waals surface area contributed by atoms with Crippen LogP contribution in [0.1, 0.15) is 6.42 Å². The highest BCUT2D eigenvalue weighted by Gasteiger charge is 2.17. The fourth-order valence-electron chi connectivity index (χ4n) is 2.55. The molecule has 0 N–H and O–H groups in total. The molecule has 2 heterocycles. The highest BCUT2D eigenvalue weighted by molar-refractivity contribution is 6.34. The van der Waals surface area contributed by atoms with Crippen molar-refractivity contribution in [1.82, 2.24) is 15.1 Å². The first kappa shape index (κ1) is 12.6. The van der Waals surface area contributed by atoms with E-state index in [0.29, 0.717) is 5.15 Å². The minimum Gasteiger partial charge on any atom is -0.353 e. The molecular formula is C14H17ClN4. The predicted molar refractivity (Wildman–Crippen MR) is 78.9 cm³/mol. The van der Waals surface area contributed by atoms with Gasteiger partial charge in [-0.15, -0.1) is 10.2 Å². The van der Waals surface area contributed by atoms with Crippen LogP contribution in [-0.2, 0) is 0 Å². The van der Waals surface area contributed by atoms with E-state index in [1.165, 1.54) is 0 Å². The molecule has 0 bridgehead atoms. The van der Waals surface area contributed by atoms with Crippen molar-refractivity contribution >= 4 is 28.2 Å². The number of benzene rings is 1. The molecule has 0 saturated carbocycles. The van der Waals surface area contributed by atoms with E-state index in [0.717, 1.165) is 49.2 Å². The van der Waals surface area contributed by atoms with E-state index < -0.39 is 0 Å². The topological polar surface area (TPSA) is 32.3 Å². The van der Waals surface area contributed by atoms with Crippen molar-refractivity contribution in [3.8, 4) is 0 Å². The van der Waals surface area contributed by atoms with Gasteiger partial charge in [0.25, 0.3) is 0 Å². The van der Waals surface area contributed by atoms with Crippen molar-refractivity contribution in [2.75, 3.05) is 38.1 Å². The third kappa shape index (κ3) is 2.51. The van der Waals surface area contributed by atoms with Crippen molar-refractivity contribution in [2.45, 2.75) is 6.42 Å². The van der Waals surface area contributed by atoms with E-state index in [4.69, 9.17) is 11.6 Å². The van der Waals surface area contributed by atoms with Crippen molar-refractivity contribution < 1.29 is 0 Å². The smallest absolute Gasteiger partial charge is 0.159 e. The second-order valence-electron chi connectivity index (χ2n) is 5.00. The summed E-state index contributed by atoms with van der Waals surface area (Å²) in [6.45, 7) is 4.19. The number of hydrogen-bond donors (Lipinski definition) is 0. The van der Waals surface area contributed by atoms with Gasteiger partial charge in [-0.1, -0.05) is 35.9 Å². The molecule has 0 amide bonds. The van der Waals surface area contributed by atoms with Crippen molar-refractivity contribution in [2.24, 2.45) is 0 Å². The van der Waals surface area contributed by atoms with E-state index in [1.807, 2.05) is 18.2 Å². The van der Waals surface area contributed by atoms with Gasteiger partial charge in [0.05, 0.1) is 0 Å². The normalized spacial score (nSPS) is 17.7. The summed E-state index contributed by atoms with van der Waals surface area (Å²) in [7, 11) is 2.16. The van der Waals surface area contributed by atoms with Crippen LogP contribution >= 0.6 is 11.6 Å². The zero-order chi connectivity index (χ0) is 13.2. The Morgan fingerprint density at radius 2 is 1.79 bits per heavy atom. The van der Waals surface area contributed by atoms with Crippen molar-refractivity contribution in [3.63, 3.8) is 0 Å². The molecule has 100 valence electrons. The quantitative estimate of drug-likeness (QED) is 0.801. The number of halogens is 1. The maximum absolute atomic E-state index is 6.12. The van der Waals surface area contributed by atoms with Gasteiger partial charge in [-0.25, -0.2) is 0 Å². The van der Waals surface area contributed by atoms with E-state index in [-0.39, 0.29) is 0 Å². The second kappa shape index (κ2) is 5.31. The van der Waals surface area contributed by atoms with Crippen LogP contribution in [0.2, 0.25) is 5.15 Å². The standard InChI is InChI=1S/C14H17ClN4/c1-18-7-4-8-19(10-9-18)14-12-6-3-2-5-11(12)13(15)16-17-14/h2-3,5-6H,4,7-10H2,1H3. The predicted octanol–water partition coefficient (Wildman–Crippen LogP) is 2.43. The summed E-state index contributed by atoms with van der Waals surface area (Å²) < 4.78 is 0. The first-order chi connectivity index (χ1) is 9.25. The molecule has 0 aliphatic carbocycles. The van der Waals surface area contributed by atoms with Gasteiger partial charge in [-0.3, -0.25) is 0 Å². The van der Waals surface area contributed by atoms with Gasteiger partial charge in [0.1, 0.15) is 0 Å². The van der Waals surface area contributed by atoms with E-state index in [9.17, 15) is 0 Å². The van der Waals surface area contributed by atoms with E-state index >= 15 is 0 Å². The van der Waals surface area contributed by atoms with Crippen LogP contribution < -0.4 is 4.90 Å². The molecule has 0 unspecified atom stereocenters. The lowest BCUT2D eigenvalue weighted by Gasteiger charge is -2.22. The summed E-state index contributed by atoms with van der Waals surface area (Å²) in [5, 5.41) is 11.0. The fourth-order valence-corrected chi connectivity index (χ4v) is 2.75. The van der Waals surface area contributed by atoms with Gasteiger partial charge in [0, 0.05) is 30.4 Å². The number of anilines is 1. The molecule has 19 heavy (non-hydrogen) atoms. The van der Waals surface area contributed by atoms with E-state index in [1.54, 1.807) is 0 Å². The van der Waals surface area contributed by atoms with Crippen LogP contribution in [0.5, 0.6) is 0 Å². The van der Waals surface area contributed by atoms with Crippen LogP contribution in [0.4, 0.5) is 5.82 Å². The number of fused-ring (bicyclic) bond motifs is 1. The summed E-state index contributed by atoms with van der Waals surface area (Å²) in [6, 6.07) is 8.07. The molecule has 0 atom stereocenters. The largest absolute Gasteiger partial charge is 0.353 e. The van der Waals surface area contributed by atoms with Gasteiger partial charge in [-0.05, 0) is 20.0 Å². The first-order valence-electron chi connectivity index (χ1n) is 6.60. The SMILES string of the molecule is CN1CCCN(c2nnc(Cl)c3ccccc23)CC1. The van der Waals surface area contributed by atoms with Crippen LogP contribution in [0, 0.1) is 0 Å². The molecule has 1 aliphatic rings. The van der Waals surface area contributed by atoms with Crippen LogP contribution in [0.25, 0.3) is 10.8 Å². The minimum absolute atomic E-state index is 0.478. The molecule has 3 rings (SSSR count). The van der Waals surface area contributed by atoms with E-state index in [2.05, 4.69) is 33.1 Å². The molecule has 1 aliphatic heterocycles. The third-order valence-corrected chi connectivity index (χ3v) is 3.92. The molecule has 1 aromatic heterocycles. The van der Waals surface area contributed by atoms with Crippen molar-refractivity contribution in [1.29, 1.82) is 0 Å². The average molecular weight is 277 g/mol. The lowest BCUT2D eigenvalue weighted by atomic mass is 10.2. The Bertz CT molecular complexity index is 587. The summed E-state index contributed by atoms with van der Waals surface area (Å²) in [5.74, 6) is 0.954. The first-order valence-corrected chi connectivity index (χ1v) is 6.98. The highest BCUT2D eigenvalue weighted by Crippen LogP contribution is 2.28. The van der Waals surface area contributed by atoms with Crippen molar-refractivity contribution in [3.05, 3.63) is 29.4 Å². The molecule has 1 saturated heterocycles. The monoisotopic (exact) mass is 276 g/mol. The lowest BCUT2D eigenvalue weighted by Crippen LogP contribution is -2.29. The number of rotatable bonds is 1. The second-order valence-corrected chi connectivity index (χ2v) is 5.36. The van der Waals surface area contributed by atoms with Gasteiger partial charge >= 0.3 is 0 Å². The van der Waals surface area contributed by atoms with Gasteiger partial charge in [0.2, 0.25) is 0 Å². The van der Waals surface area contributed by atoms with Gasteiger partial charge in [-0.2, -0.15) is 0 Å². The number of nitrogens with zero attached hydrogens (tertiary/aromatic N) is 4. The third-order valence-electron chi connectivity index (χ3n) is 3.64. The molecule has 1 aromatic carbocycles. The van der Waals surface area contributed by atoms with Gasteiger partial charge in [0.15, 0.2) is 11.0 Å². The fraction of sp³-hybridized carbons (Fsp3) is 0.429. The minimum atomic E-state index is 0.478. The summed E-state index contributed by atoms with van der Waals surface area (Å²) >= 11 is 6.12. The molecular weight excluding hydrogens is 260 g/mol. The average Bonchev–Trinajstić information content (AvgIpc) is 2.65. The Kier molecular flexibility index (Phi) is 3.53. The summed E-state index contributed by atoms with van der Waals surface area (Å²) in [6.07, 6.45) is 1.15. The molecule has 0 radical (unpaired) electrons. The molecule has 4 nitrogen and oxygen atoms in total. The Morgan fingerprint density at radius 1 is 1.00 bits per heavy atom. The Labute approximate surface area is 118 Å². The van der Waals surface area contributed by atoms with Gasteiger partial charge < -0.3 is 9.80 Å². The summed E-state index contributed by atoms with van der Waals surface area (Å²) in [4.78, 5) is 4.67. The maximum Gasteiger partial charge on any atom is 0.159 e. The zero-order valence-corrected chi connectivity index (χ0v) is 11.8. The number of hydrogen-bond acceptors (Lipinski definition) is 4. The lowest BCUT2D eigenvalue weighted by molar-refractivity contribution is 0.360. The number of aromatic nitrogens is 2. The van der Waals surface area contributed by atoms with Crippen LogP contribution in [0.3, 0.4) is 0 Å². The highest BCUT2D eigenvalue weighted by atomic mass is 35.5. The molecule has 1 fully saturated rings. The number of likely N-dealkylation sites (N-methyl/N-ethyl adjacent to an activating group) is 1. The Morgan fingerprint density at radius 3 is 2.63 bits per heavy atom. The molecule has 0 spiro atoms. The maximum atomic E-state index is 6.12. The Hall–Kier alpha value is -1.39. The molecule has 5 heteroatoms. The van der Waals surface area contributed by atoms with Crippen LogP contribution in [-0.4, -0.2) is 48.3 Å². The zero-order valence-electron chi connectivity index (χ0n) is 11.0. The van der Waals surface area contributed by atoms with Crippen LogP contribution in [0.15, 0.2) is 24.3 Å². The summed E-state index contributed by atoms with van der Waals surface area (Å²) in [5.41, 5.74) is 0. The Balaban J connectivity index is 2.02.